The summed E-state index contributed by atoms with van der Waals surface area (Å²) in [5, 5.41) is 0.445. The van der Waals surface area contributed by atoms with E-state index in [0.717, 1.165) is 12.8 Å². The molecule has 1 fully saturated rings. The number of Topliss-reactive ketones (excluding diaryl/α,β-unsaturated/α-hetero) is 1. The normalized spacial score (nSPS) is 15.8. The average Bonchev–Trinajstić information content (AvgIpc) is 2.91. The van der Waals surface area contributed by atoms with Gasteiger partial charge in [0.1, 0.15) is 4.60 Å². The Hall–Kier alpha value is -0.410. The lowest BCUT2D eigenvalue weighted by Gasteiger charge is -2.01. The van der Waals surface area contributed by atoms with Crippen molar-refractivity contribution in [1.29, 1.82) is 0 Å². The van der Waals surface area contributed by atoms with E-state index in [2.05, 4.69) is 20.9 Å². The summed E-state index contributed by atoms with van der Waals surface area (Å²) >= 11 is 9.07. The van der Waals surface area contributed by atoms with Gasteiger partial charge in [0.05, 0.1) is 5.02 Å². The van der Waals surface area contributed by atoms with E-state index < -0.39 is 0 Å². The number of aromatic nitrogens is 1. The van der Waals surface area contributed by atoms with Gasteiger partial charge in [-0.3, -0.25) is 4.79 Å². The molecule has 0 aliphatic heterocycles. The fourth-order valence-corrected chi connectivity index (χ4v) is 1.70. The van der Waals surface area contributed by atoms with Crippen molar-refractivity contribution in [3.63, 3.8) is 0 Å². The summed E-state index contributed by atoms with van der Waals surface area (Å²) in [5.41, 5.74) is 0.589. The van der Waals surface area contributed by atoms with Crippen molar-refractivity contribution >= 4 is 33.3 Å². The van der Waals surface area contributed by atoms with Crippen LogP contribution in [0.2, 0.25) is 5.02 Å². The van der Waals surface area contributed by atoms with Crippen LogP contribution in [-0.4, -0.2) is 10.8 Å². The molecule has 0 spiro atoms. The number of rotatable bonds is 2. The molecule has 0 saturated heterocycles. The minimum Gasteiger partial charge on any atom is -0.294 e. The van der Waals surface area contributed by atoms with Crippen LogP contribution < -0.4 is 0 Å². The summed E-state index contributed by atoms with van der Waals surface area (Å²) in [5.74, 6) is 0.347. The Balaban J connectivity index is 2.37. The van der Waals surface area contributed by atoms with Crippen LogP contribution in [-0.2, 0) is 0 Å². The molecule has 1 aliphatic carbocycles. The quantitative estimate of drug-likeness (QED) is 0.604. The smallest absolute Gasteiger partial charge is 0.167 e. The van der Waals surface area contributed by atoms with E-state index >= 15 is 0 Å². The minimum absolute atomic E-state index is 0.146. The second-order valence-electron chi connectivity index (χ2n) is 3.13. The molecule has 0 aromatic carbocycles. The van der Waals surface area contributed by atoms with Crippen LogP contribution >= 0.6 is 27.5 Å². The Labute approximate surface area is 89.4 Å². The topological polar surface area (TPSA) is 30.0 Å². The van der Waals surface area contributed by atoms with Gasteiger partial charge >= 0.3 is 0 Å². The Morgan fingerprint density at radius 2 is 2.31 bits per heavy atom. The van der Waals surface area contributed by atoms with Gasteiger partial charge in [-0.1, -0.05) is 11.6 Å². The van der Waals surface area contributed by atoms with Crippen LogP contribution in [0.5, 0.6) is 0 Å². The van der Waals surface area contributed by atoms with Crippen LogP contribution in [0, 0.1) is 5.92 Å². The van der Waals surface area contributed by atoms with Crippen molar-refractivity contribution in [1.82, 2.24) is 4.98 Å². The first-order valence-electron chi connectivity index (χ1n) is 4.04. The van der Waals surface area contributed by atoms with E-state index in [-0.39, 0.29) is 11.7 Å². The zero-order chi connectivity index (χ0) is 9.42. The average molecular weight is 261 g/mol. The molecule has 4 heteroatoms. The van der Waals surface area contributed by atoms with Crippen LogP contribution in [0.4, 0.5) is 0 Å². The van der Waals surface area contributed by atoms with Gasteiger partial charge in [0.15, 0.2) is 5.78 Å². The number of pyridine rings is 1. The summed E-state index contributed by atoms with van der Waals surface area (Å²) < 4.78 is 0.654. The molecule has 1 heterocycles. The Bertz CT molecular complexity index is 363. The van der Waals surface area contributed by atoms with Gasteiger partial charge in [-0.25, -0.2) is 4.98 Å². The highest BCUT2D eigenvalue weighted by atomic mass is 79.9. The summed E-state index contributed by atoms with van der Waals surface area (Å²) in [6.07, 6.45) is 3.49. The van der Waals surface area contributed by atoms with Crippen molar-refractivity contribution in [2.24, 2.45) is 5.92 Å². The number of nitrogens with zero attached hydrogens (tertiary/aromatic N) is 1. The molecule has 1 aromatic rings. The van der Waals surface area contributed by atoms with Gasteiger partial charge in [0, 0.05) is 17.7 Å². The van der Waals surface area contributed by atoms with Crippen LogP contribution in [0.15, 0.2) is 16.9 Å². The maximum absolute atomic E-state index is 11.6. The number of carbonyl (C=O) groups excluding carboxylic acids is 1. The molecule has 1 aromatic heterocycles. The fraction of sp³-hybridized carbons (Fsp3) is 0.333. The van der Waals surface area contributed by atoms with Gasteiger partial charge < -0.3 is 0 Å². The number of hydrogen-bond acceptors (Lipinski definition) is 2. The predicted molar refractivity (Wildman–Crippen MR) is 54.0 cm³/mol. The SMILES string of the molecule is O=C(c1cc(Br)ncc1Cl)C1CC1. The number of halogens is 2. The Kier molecular flexibility index (Phi) is 2.39. The zero-order valence-corrected chi connectivity index (χ0v) is 9.10. The molecule has 1 saturated carbocycles. The number of hydrogen-bond donors (Lipinski definition) is 0. The highest BCUT2D eigenvalue weighted by molar-refractivity contribution is 9.10. The zero-order valence-electron chi connectivity index (χ0n) is 6.76. The lowest BCUT2D eigenvalue weighted by atomic mass is 10.1. The molecular weight excluding hydrogens is 253 g/mol. The summed E-state index contributed by atoms with van der Waals surface area (Å²) in [6.45, 7) is 0. The first-order valence-corrected chi connectivity index (χ1v) is 5.21. The predicted octanol–water partition coefficient (Wildman–Crippen LogP) is 3.09. The maximum Gasteiger partial charge on any atom is 0.167 e. The Morgan fingerprint density at radius 1 is 1.62 bits per heavy atom. The first-order chi connectivity index (χ1) is 6.18. The summed E-state index contributed by atoms with van der Waals surface area (Å²) in [4.78, 5) is 15.6. The molecule has 2 nitrogen and oxygen atoms in total. The van der Waals surface area contributed by atoms with E-state index in [1.165, 1.54) is 6.20 Å². The molecule has 0 unspecified atom stereocenters. The molecule has 13 heavy (non-hydrogen) atoms. The third kappa shape index (κ3) is 1.92. The van der Waals surface area contributed by atoms with Crippen LogP contribution in [0.3, 0.4) is 0 Å². The lowest BCUT2D eigenvalue weighted by Crippen LogP contribution is -2.02. The van der Waals surface area contributed by atoms with Crippen molar-refractivity contribution in [2.75, 3.05) is 0 Å². The second kappa shape index (κ2) is 3.39. The molecule has 0 bridgehead atoms. The molecule has 2 rings (SSSR count). The van der Waals surface area contributed by atoms with E-state index in [0.29, 0.717) is 15.2 Å². The molecule has 1 aliphatic rings. The van der Waals surface area contributed by atoms with Gasteiger partial charge in [-0.15, -0.1) is 0 Å². The molecular formula is C9H7BrClNO. The van der Waals surface area contributed by atoms with Crippen molar-refractivity contribution < 1.29 is 4.79 Å². The molecule has 0 atom stereocenters. The fourth-order valence-electron chi connectivity index (χ4n) is 1.17. The van der Waals surface area contributed by atoms with Crippen molar-refractivity contribution in [2.45, 2.75) is 12.8 Å². The lowest BCUT2D eigenvalue weighted by molar-refractivity contribution is 0.0967. The van der Waals surface area contributed by atoms with Gasteiger partial charge in [0.25, 0.3) is 0 Å². The summed E-state index contributed by atoms with van der Waals surface area (Å²) in [6, 6.07) is 1.68. The van der Waals surface area contributed by atoms with Gasteiger partial charge in [-0.05, 0) is 34.8 Å². The summed E-state index contributed by atoms with van der Waals surface area (Å²) in [7, 11) is 0. The third-order valence-electron chi connectivity index (χ3n) is 2.04. The van der Waals surface area contributed by atoms with Crippen LogP contribution in [0.1, 0.15) is 23.2 Å². The number of ketones is 1. The molecule has 0 amide bonds. The van der Waals surface area contributed by atoms with Gasteiger partial charge in [-0.2, -0.15) is 0 Å². The van der Waals surface area contributed by atoms with Crippen LogP contribution in [0.25, 0.3) is 0 Å². The molecule has 68 valence electrons. The van der Waals surface area contributed by atoms with Crippen molar-refractivity contribution in [3.8, 4) is 0 Å². The van der Waals surface area contributed by atoms with Gasteiger partial charge in [0.2, 0.25) is 0 Å². The monoisotopic (exact) mass is 259 g/mol. The van der Waals surface area contributed by atoms with E-state index in [1.807, 2.05) is 0 Å². The highest BCUT2D eigenvalue weighted by Gasteiger charge is 2.31. The van der Waals surface area contributed by atoms with E-state index in [4.69, 9.17) is 11.6 Å². The third-order valence-corrected chi connectivity index (χ3v) is 2.77. The van der Waals surface area contributed by atoms with Crippen molar-refractivity contribution in [3.05, 3.63) is 27.5 Å². The largest absolute Gasteiger partial charge is 0.294 e. The first kappa shape index (κ1) is 9.16. The minimum atomic E-state index is 0.146. The van der Waals surface area contributed by atoms with E-state index in [9.17, 15) is 4.79 Å². The molecule has 0 N–H and O–H groups in total. The van der Waals surface area contributed by atoms with E-state index in [1.54, 1.807) is 6.07 Å². The highest BCUT2D eigenvalue weighted by Crippen LogP contribution is 2.34. The standard InChI is InChI=1S/C9H7BrClNO/c10-8-3-6(7(11)4-12-8)9(13)5-1-2-5/h3-5H,1-2H2. The maximum atomic E-state index is 11.6. The number of carbonyl (C=O) groups is 1. The second-order valence-corrected chi connectivity index (χ2v) is 4.35. The Morgan fingerprint density at radius 3 is 2.92 bits per heavy atom. The molecule has 0 radical (unpaired) electrons.